The summed E-state index contributed by atoms with van der Waals surface area (Å²) in [6.07, 6.45) is 3.06. The van der Waals surface area contributed by atoms with Crippen LogP contribution in [0, 0.1) is 0 Å². The van der Waals surface area contributed by atoms with Crippen LogP contribution in [0.25, 0.3) is 22.3 Å². The van der Waals surface area contributed by atoms with Crippen molar-refractivity contribution in [3.8, 4) is 5.75 Å². The Morgan fingerprint density at radius 2 is 1.52 bits per heavy atom. The summed E-state index contributed by atoms with van der Waals surface area (Å²) in [4.78, 5) is 54.2. The molecule has 0 saturated heterocycles. The van der Waals surface area contributed by atoms with Gasteiger partial charge in [0, 0.05) is 6.54 Å². The highest BCUT2D eigenvalue weighted by Crippen LogP contribution is 2.42. The minimum absolute atomic E-state index is 0.0753. The fraction of sp³-hybridized carbons (Fsp3) is 0.333. The number of aromatic nitrogens is 8. The van der Waals surface area contributed by atoms with Gasteiger partial charge in [0.05, 0.1) is 38.0 Å². The highest BCUT2D eigenvalue weighted by molar-refractivity contribution is 7.53. The summed E-state index contributed by atoms with van der Waals surface area (Å²) in [6.45, 7) is 2.19. The molecule has 6 N–H and O–H groups in total. The van der Waals surface area contributed by atoms with Gasteiger partial charge in [0.1, 0.15) is 35.8 Å². The first-order valence-corrected chi connectivity index (χ1v) is 16.7. The number of nitrogens with one attached hydrogen (secondary N) is 1. The topological polar surface area (TPSA) is 248 Å². The molecule has 0 bridgehead atoms. The summed E-state index contributed by atoms with van der Waals surface area (Å²) in [5.74, 6) is 0.813. The van der Waals surface area contributed by atoms with E-state index in [9.17, 15) is 23.8 Å². The predicted molar refractivity (Wildman–Crippen MR) is 158 cm³/mol. The van der Waals surface area contributed by atoms with Crippen LogP contribution in [-0.2, 0) is 31.7 Å². The molecule has 0 aliphatic heterocycles. The molecular formula is C24H30N10O8P2. The molecular weight excluding hydrogens is 618 g/mol. The van der Waals surface area contributed by atoms with Crippen LogP contribution in [0.1, 0.15) is 6.92 Å². The molecule has 3 atom stereocenters. The van der Waals surface area contributed by atoms with Crippen LogP contribution < -0.4 is 15.6 Å². The zero-order valence-electron chi connectivity index (χ0n) is 23.3. The number of rotatable bonds is 15. The van der Waals surface area contributed by atoms with Gasteiger partial charge in [-0.15, -0.1) is 0 Å². The maximum absolute atomic E-state index is 12.4. The Hall–Kier alpha value is -4.02. The normalized spacial score (nSPS) is 14.8. The lowest BCUT2D eigenvalue weighted by Crippen LogP contribution is -2.29. The average molecular weight is 649 g/mol. The summed E-state index contributed by atoms with van der Waals surface area (Å²) in [6, 6.07) is 8.30. The molecule has 0 spiro atoms. The molecule has 0 aliphatic rings. The first-order chi connectivity index (χ1) is 21.0. The second-order valence-corrected chi connectivity index (χ2v) is 13.0. The van der Waals surface area contributed by atoms with Gasteiger partial charge in [0.2, 0.25) is 0 Å². The molecule has 0 fully saturated rings. The van der Waals surface area contributed by atoms with Crippen LogP contribution in [0.15, 0.2) is 55.6 Å². The zero-order valence-corrected chi connectivity index (χ0v) is 25.1. The van der Waals surface area contributed by atoms with Crippen molar-refractivity contribution in [2.24, 2.45) is 0 Å². The largest absolute Gasteiger partial charge is 0.423 e. The molecule has 5 rings (SSSR count). The number of hydrogen-bond donors (Lipinski definition) is 5. The van der Waals surface area contributed by atoms with E-state index in [1.54, 1.807) is 46.4 Å². The Bertz CT molecular complexity index is 1810. The Labute approximate surface area is 250 Å². The molecule has 20 heteroatoms. The van der Waals surface area contributed by atoms with E-state index < -0.39 is 40.1 Å². The molecule has 1 unspecified atom stereocenters. The third kappa shape index (κ3) is 8.12. The summed E-state index contributed by atoms with van der Waals surface area (Å²) in [7, 11) is -8.51. The van der Waals surface area contributed by atoms with Crippen molar-refractivity contribution in [3.05, 3.63) is 55.6 Å². The van der Waals surface area contributed by atoms with Crippen LogP contribution in [0.3, 0.4) is 0 Å². The number of ether oxygens (including phenoxy) is 2. The van der Waals surface area contributed by atoms with E-state index in [4.69, 9.17) is 19.7 Å². The fourth-order valence-electron chi connectivity index (χ4n) is 4.21. The van der Waals surface area contributed by atoms with Gasteiger partial charge in [-0.3, -0.25) is 4.57 Å². The number of fused-ring (bicyclic) bond motifs is 2. The third-order valence-corrected chi connectivity index (χ3v) is 7.63. The number of benzene rings is 1. The summed E-state index contributed by atoms with van der Waals surface area (Å²) < 4.78 is 43.7. The van der Waals surface area contributed by atoms with E-state index in [-0.39, 0.29) is 31.2 Å². The van der Waals surface area contributed by atoms with Crippen molar-refractivity contribution in [2.75, 3.05) is 30.3 Å². The van der Waals surface area contributed by atoms with Crippen molar-refractivity contribution in [2.45, 2.75) is 32.2 Å². The van der Waals surface area contributed by atoms with Gasteiger partial charge in [-0.1, -0.05) is 18.2 Å². The lowest BCUT2D eigenvalue weighted by atomic mass is 10.3. The Kier molecular flexibility index (Phi) is 9.51. The van der Waals surface area contributed by atoms with Gasteiger partial charge in [-0.2, -0.15) is 0 Å². The van der Waals surface area contributed by atoms with E-state index in [2.05, 4.69) is 35.2 Å². The average Bonchev–Trinajstić information content (AvgIpc) is 3.58. The van der Waals surface area contributed by atoms with Crippen molar-refractivity contribution in [1.29, 1.82) is 0 Å². The first kappa shape index (κ1) is 31.4. The van der Waals surface area contributed by atoms with Gasteiger partial charge in [-0.25, -0.2) is 34.5 Å². The van der Waals surface area contributed by atoms with Crippen LogP contribution >= 0.6 is 15.2 Å². The van der Waals surface area contributed by atoms with E-state index in [0.29, 0.717) is 28.1 Å². The summed E-state index contributed by atoms with van der Waals surface area (Å²) >= 11 is 0. The Morgan fingerprint density at radius 3 is 2.25 bits per heavy atom. The van der Waals surface area contributed by atoms with Crippen molar-refractivity contribution in [1.82, 2.24) is 39.0 Å². The fourth-order valence-corrected chi connectivity index (χ4v) is 5.56. The van der Waals surface area contributed by atoms with Crippen LogP contribution in [0.5, 0.6) is 5.75 Å². The third-order valence-electron chi connectivity index (χ3n) is 6.17. The number of imidazole rings is 2. The van der Waals surface area contributed by atoms with Crippen LogP contribution in [-0.4, -0.2) is 85.2 Å². The highest BCUT2D eigenvalue weighted by Gasteiger charge is 2.24. The molecule has 44 heavy (non-hydrogen) atoms. The second-order valence-electron chi connectivity index (χ2n) is 9.73. The summed E-state index contributed by atoms with van der Waals surface area (Å²) in [5, 5.41) is 3.12. The van der Waals surface area contributed by atoms with Crippen molar-refractivity contribution in [3.63, 3.8) is 0 Å². The molecule has 5 aromatic rings. The van der Waals surface area contributed by atoms with Gasteiger partial charge in [0.25, 0.3) is 0 Å². The predicted octanol–water partition coefficient (Wildman–Crippen LogP) is 1.81. The molecule has 0 aliphatic carbocycles. The molecule has 1 aromatic carbocycles. The van der Waals surface area contributed by atoms with Gasteiger partial charge in [-0.05, 0) is 19.1 Å². The molecule has 234 valence electrons. The zero-order chi connectivity index (χ0) is 31.3. The number of anilines is 2. The Balaban J connectivity index is 1.24. The maximum Gasteiger partial charge on any atom is 0.402 e. The van der Waals surface area contributed by atoms with Crippen molar-refractivity contribution >= 4 is 49.2 Å². The summed E-state index contributed by atoms with van der Waals surface area (Å²) in [5.41, 5.74) is 7.57. The number of nitrogen functional groups attached to an aromatic ring is 1. The van der Waals surface area contributed by atoms with E-state index in [0.717, 1.165) is 0 Å². The lowest BCUT2D eigenvalue weighted by molar-refractivity contribution is 0.0720. The van der Waals surface area contributed by atoms with Gasteiger partial charge < -0.3 is 48.9 Å². The minimum Gasteiger partial charge on any atom is -0.423 e. The lowest BCUT2D eigenvalue weighted by Gasteiger charge is -2.20. The maximum atomic E-state index is 12.4. The number of para-hydroxylation sites is 1. The van der Waals surface area contributed by atoms with Gasteiger partial charge in [0.15, 0.2) is 29.3 Å². The molecule has 0 saturated carbocycles. The van der Waals surface area contributed by atoms with Crippen LogP contribution in [0.4, 0.5) is 11.6 Å². The number of hydrogen-bond acceptors (Lipinski definition) is 13. The molecule has 0 amide bonds. The minimum atomic E-state index is -4.46. The quantitative estimate of drug-likeness (QED) is 0.102. The monoisotopic (exact) mass is 648 g/mol. The molecule has 4 aromatic heterocycles. The molecule has 0 radical (unpaired) electrons. The van der Waals surface area contributed by atoms with E-state index >= 15 is 0 Å². The smallest absolute Gasteiger partial charge is 0.402 e. The van der Waals surface area contributed by atoms with Crippen LogP contribution in [0.2, 0.25) is 0 Å². The van der Waals surface area contributed by atoms with E-state index in [1.807, 2.05) is 0 Å². The van der Waals surface area contributed by atoms with Gasteiger partial charge >= 0.3 is 15.2 Å². The number of nitrogens with two attached hydrogens (primary N) is 1. The first-order valence-electron chi connectivity index (χ1n) is 13.1. The van der Waals surface area contributed by atoms with E-state index in [1.165, 1.54) is 25.3 Å². The standard InChI is InChI=1S/C24H30N10O8P2/c1-16(40-15-44(38,39)42-17-5-3-2-4-6-17)8-33-13-32-20-22(28-11-30-24(20)33)26-7-18(41-14-43(35,36)37)9-34-12-31-19-21(25)27-10-29-23(19)34/h2-6,10-13,16,18H,7-9,14-15H2,1H3,(H,38,39)(H2,25,27,29)(H,26,28,30)(H2,35,36,37)/t16-,18-/m1/s1. The second kappa shape index (κ2) is 13.3. The number of nitrogens with zero attached hydrogens (tertiary/aromatic N) is 8. The van der Waals surface area contributed by atoms with Crippen molar-refractivity contribution < 1.29 is 37.8 Å². The SMILES string of the molecule is C[C@H](Cn1cnc2c(NC[C@H](Cn3cnc4c(N)ncnc43)OCP(=O)(O)O)ncnc21)OCP(=O)(O)Oc1ccccc1. The highest BCUT2D eigenvalue weighted by atomic mass is 31.2. The molecule has 4 heterocycles. The Morgan fingerprint density at radius 1 is 0.864 bits per heavy atom. The molecule has 18 nitrogen and oxygen atoms in total.